The molecule has 2 aliphatic rings. The predicted molar refractivity (Wildman–Crippen MR) is 82.6 cm³/mol. The smallest absolute Gasteiger partial charge is 0.410 e. The molecule has 1 saturated heterocycles. The van der Waals surface area contributed by atoms with Crippen molar-refractivity contribution in [3.63, 3.8) is 0 Å². The number of ether oxygens (including phenoxy) is 1. The summed E-state index contributed by atoms with van der Waals surface area (Å²) in [5.74, 6) is 1.43. The second-order valence-corrected chi connectivity index (χ2v) is 5.29. The zero-order valence-corrected chi connectivity index (χ0v) is 11.9. The van der Waals surface area contributed by atoms with Crippen molar-refractivity contribution in [3.8, 4) is 5.75 Å². The largest absolute Gasteiger partial charge is 0.417 e. The number of para-hydroxylation sites is 1. The summed E-state index contributed by atoms with van der Waals surface area (Å²) < 4.78 is 5.44. The van der Waals surface area contributed by atoms with E-state index in [4.69, 9.17) is 4.74 Å². The third kappa shape index (κ3) is 2.11. The fourth-order valence-corrected chi connectivity index (χ4v) is 2.96. The number of nitrogens with zero attached hydrogens (tertiary/aromatic N) is 3. The van der Waals surface area contributed by atoms with Gasteiger partial charge >= 0.3 is 6.09 Å². The number of hydrogen-bond donors (Lipinski definition) is 0. The number of fused-ring (bicyclic) bond motifs is 2. The summed E-state index contributed by atoms with van der Waals surface area (Å²) in [6.45, 7) is 0.614. The zero-order valence-electron chi connectivity index (χ0n) is 11.9. The van der Waals surface area contributed by atoms with Crippen LogP contribution in [0.4, 0.5) is 10.6 Å². The number of rotatable bonds is 2. The Morgan fingerprint density at radius 1 is 1.09 bits per heavy atom. The molecular weight excluding hydrogens is 278 g/mol. The number of amides is 1. The van der Waals surface area contributed by atoms with Crippen LogP contribution in [-0.4, -0.2) is 34.7 Å². The average Bonchev–Trinajstić information content (AvgIpc) is 3.14. The Morgan fingerprint density at radius 2 is 1.91 bits per heavy atom. The molecule has 0 aliphatic carbocycles. The van der Waals surface area contributed by atoms with E-state index in [1.54, 1.807) is 23.2 Å². The van der Waals surface area contributed by atoms with Gasteiger partial charge in [0.15, 0.2) is 0 Å². The minimum absolute atomic E-state index is 0.129. The molecule has 5 heteroatoms. The molecule has 0 radical (unpaired) electrons. The van der Waals surface area contributed by atoms with E-state index in [-0.39, 0.29) is 18.3 Å². The van der Waals surface area contributed by atoms with Crippen molar-refractivity contribution in [3.05, 3.63) is 66.9 Å². The van der Waals surface area contributed by atoms with E-state index < -0.39 is 0 Å². The summed E-state index contributed by atoms with van der Waals surface area (Å²) in [7, 11) is 0. The highest BCUT2D eigenvalue weighted by molar-refractivity contribution is 5.74. The Hall–Kier alpha value is -2.82. The van der Waals surface area contributed by atoms with Gasteiger partial charge in [0.2, 0.25) is 0 Å². The van der Waals surface area contributed by atoms with Crippen molar-refractivity contribution in [2.45, 2.75) is 12.2 Å². The summed E-state index contributed by atoms with van der Waals surface area (Å²) in [5, 5.41) is 0. The van der Waals surface area contributed by atoms with Crippen LogP contribution >= 0.6 is 0 Å². The Morgan fingerprint density at radius 3 is 2.68 bits per heavy atom. The molecule has 0 saturated carbocycles. The van der Waals surface area contributed by atoms with Gasteiger partial charge in [-0.2, -0.15) is 0 Å². The Labute approximate surface area is 128 Å². The lowest BCUT2D eigenvalue weighted by Gasteiger charge is -2.26. The van der Waals surface area contributed by atoms with Crippen molar-refractivity contribution in [2.24, 2.45) is 0 Å². The van der Waals surface area contributed by atoms with Crippen LogP contribution < -0.4 is 9.64 Å². The van der Waals surface area contributed by atoms with E-state index >= 15 is 0 Å². The molecule has 1 aromatic carbocycles. The number of pyridine rings is 1. The van der Waals surface area contributed by atoms with Gasteiger partial charge in [0.1, 0.15) is 17.7 Å². The van der Waals surface area contributed by atoms with E-state index in [9.17, 15) is 4.79 Å². The Bertz CT molecular complexity index is 702. The fourth-order valence-electron chi connectivity index (χ4n) is 2.96. The zero-order chi connectivity index (χ0) is 14.9. The quantitative estimate of drug-likeness (QED) is 0.799. The SMILES string of the molecule is O=C(Oc1ccccc1)N1CC2C=CC1N2c1ccccn1. The second-order valence-electron chi connectivity index (χ2n) is 5.29. The van der Waals surface area contributed by atoms with Crippen molar-refractivity contribution in [2.75, 3.05) is 11.4 Å². The summed E-state index contributed by atoms with van der Waals surface area (Å²) in [5.41, 5.74) is 0. The number of aromatic nitrogens is 1. The molecule has 1 fully saturated rings. The average molecular weight is 293 g/mol. The van der Waals surface area contributed by atoms with Crippen LogP contribution in [0.25, 0.3) is 0 Å². The highest BCUT2D eigenvalue weighted by Gasteiger charge is 2.44. The maximum atomic E-state index is 12.4. The van der Waals surface area contributed by atoms with Crippen molar-refractivity contribution >= 4 is 11.9 Å². The van der Waals surface area contributed by atoms with Gasteiger partial charge in [-0.25, -0.2) is 9.78 Å². The maximum Gasteiger partial charge on any atom is 0.417 e. The number of carbonyl (C=O) groups is 1. The van der Waals surface area contributed by atoms with Gasteiger partial charge in [-0.05, 0) is 30.3 Å². The van der Waals surface area contributed by atoms with Crippen molar-refractivity contribution < 1.29 is 9.53 Å². The number of carbonyl (C=O) groups excluding carboxylic acids is 1. The van der Waals surface area contributed by atoms with E-state index in [2.05, 4.69) is 16.0 Å². The summed E-state index contributed by atoms with van der Waals surface area (Å²) in [6.07, 6.45) is 5.44. The highest BCUT2D eigenvalue weighted by atomic mass is 16.6. The number of hydrogen-bond acceptors (Lipinski definition) is 4. The van der Waals surface area contributed by atoms with Gasteiger partial charge in [-0.15, -0.1) is 0 Å². The van der Waals surface area contributed by atoms with Crippen LogP contribution in [0.5, 0.6) is 5.75 Å². The molecule has 2 unspecified atom stereocenters. The molecule has 5 nitrogen and oxygen atoms in total. The molecule has 4 rings (SSSR count). The lowest BCUT2D eigenvalue weighted by atomic mass is 10.2. The Balaban J connectivity index is 1.53. The van der Waals surface area contributed by atoms with Crippen molar-refractivity contribution in [1.29, 1.82) is 0 Å². The first-order valence-corrected chi connectivity index (χ1v) is 7.24. The molecule has 2 aromatic rings. The molecular formula is C17H15N3O2. The standard InChI is InChI=1S/C17H15N3O2/c21-17(22-14-6-2-1-3-7-14)19-12-13-9-10-16(19)20(13)15-8-4-5-11-18-15/h1-11,13,16H,12H2. The molecule has 3 heterocycles. The monoisotopic (exact) mass is 293 g/mol. The van der Waals surface area contributed by atoms with Crippen LogP contribution in [0.2, 0.25) is 0 Å². The first-order valence-electron chi connectivity index (χ1n) is 7.24. The second kappa shape index (κ2) is 5.18. The topological polar surface area (TPSA) is 45.7 Å². The molecule has 0 N–H and O–H groups in total. The molecule has 1 amide bonds. The van der Waals surface area contributed by atoms with E-state index in [0.717, 1.165) is 5.82 Å². The molecule has 2 atom stereocenters. The van der Waals surface area contributed by atoms with Gasteiger partial charge in [0, 0.05) is 6.20 Å². The van der Waals surface area contributed by atoms with E-state index in [1.807, 2.05) is 42.5 Å². The minimum Gasteiger partial charge on any atom is -0.410 e. The maximum absolute atomic E-state index is 12.4. The molecule has 2 bridgehead atoms. The lowest BCUT2D eigenvalue weighted by molar-refractivity contribution is 0.153. The van der Waals surface area contributed by atoms with Crippen LogP contribution in [-0.2, 0) is 0 Å². The number of anilines is 1. The van der Waals surface area contributed by atoms with Gasteiger partial charge in [-0.3, -0.25) is 4.90 Å². The van der Waals surface area contributed by atoms with Crippen LogP contribution in [0.1, 0.15) is 0 Å². The number of benzene rings is 1. The van der Waals surface area contributed by atoms with E-state index in [1.165, 1.54) is 0 Å². The first kappa shape index (κ1) is 12.9. The van der Waals surface area contributed by atoms with Crippen LogP contribution in [0, 0.1) is 0 Å². The minimum atomic E-state index is -0.330. The lowest BCUT2D eigenvalue weighted by Crippen LogP contribution is -2.41. The van der Waals surface area contributed by atoms with Gasteiger partial charge < -0.3 is 9.64 Å². The third-order valence-corrected chi connectivity index (χ3v) is 3.95. The summed E-state index contributed by atoms with van der Waals surface area (Å²) in [6, 6.07) is 15.1. The summed E-state index contributed by atoms with van der Waals surface area (Å²) in [4.78, 5) is 20.7. The molecule has 110 valence electrons. The predicted octanol–water partition coefficient (Wildman–Crippen LogP) is 2.67. The molecule has 22 heavy (non-hydrogen) atoms. The molecule has 0 spiro atoms. The van der Waals surface area contributed by atoms with Crippen LogP contribution in [0.3, 0.4) is 0 Å². The van der Waals surface area contributed by atoms with Gasteiger partial charge in [0.05, 0.1) is 12.6 Å². The normalized spacial score (nSPS) is 22.2. The van der Waals surface area contributed by atoms with E-state index in [0.29, 0.717) is 12.3 Å². The highest BCUT2D eigenvalue weighted by Crippen LogP contribution is 2.33. The van der Waals surface area contributed by atoms with Crippen molar-refractivity contribution in [1.82, 2.24) is 9.88 Å². The summed E-state index contributed by atoms with van der Waals surface area (Å²) >= 11 is 0. The molecule has 1 aromatic heterocycles. The van der Waals surface area contributed by atoms with Gasteiger partial charge in [0.25, 0.3) is 0 Å². The van der Waals surface area contributed by atoms with Gasteiger partial charge in [-0.1, -0.05) is 30.3 Å². The van der Waals surface area contributed by atoms with Crippen LogP contribution in [0.15, 0.2) is 66.9 Å². The fraction of sp³-hybridized carbons (Fsp3) is 0.176. The third-order valence-electron chi connectivity index (χ3n) is 3.95. The first-order chi connectivity index (χ1) is 10.8. The molecule has 2 aliphatic heterocycles. The Kier molecular flexibility index (Phi) is 3.04.